The van der Waals surface area contributed by atoms with E-state index in [2.05, 4.69) is 31.5 Å². The molecule has 0 aliphatic carbocycles. The van der Waals surface area contributed by atoms with Crippen molar-refractivity contribution in [3.8, 4) is 10.7 Å². The lowest BCUT2D eigenvalue weighted by Gasteiger charge is -2.13. The van der Waals surface area contributed by atoms with Crippen LogP contribution in [0.5, 0.6) is 0 Å². The molecule has 0 spiro atoms. The molecule has 0 aromatic carbocycles. The summed E-state index contributed by atoms with van der Waals surface area (Å²) in [6.07, 6.45) is 0. The normalized spacial score (nSPS) is 15.4. The SMILES string of the molecule is c1csc(-c2nnc3n2CC[N]C3)c1. The van der Waals surface area contributed by atoms with Crippen LogP contribution in [0.1, 0.15) is 5.82 Å². The van der Waals surface area contributed by atoms with Gasteiger partial charge >= 0.3 is 0 Å². The van der Waals surface area contributed by atoms with Crippen molar-refractivity contribution < 1.29 is 0 Å². The van der Waals surface area contributed by atoms with E-state index in [0.717, 1.165) is 24.7 Å². The summed E-state index contributed by atoms with van der Waals surface area (Å²) in [7, 11) is 0. The number of nitrogens with zero attached hydrogens (tertiary/aromatic N) is 4. The molecule has 1 radical (unpaired) electrons. The van der Waals surface area contributed by atoms with Crippen LogP contribution < -0.4 is 5.32 Å². The van der Waals surface area contributed by atoms with Crippen molar-refractivity contribution in [2.75, 3.05) is 6.54 Å². The van der Waals surface area contributed by atoms with Gasteiger partial charge < -0.3 is 4.57 Å². The lowest BCUT2D eigenvalue weighted by Crippen LogP contribution is -2.23. The van der Waals surface area contributed by atoms with E-state index in [4.69, 9.17) is 0 Å². The average Bonchev–Trinajstić information content (AvgIpc) is 2.85. The lowest BCUT2D eigenvalue weighted by atomic mass is 10.4. The van der Waals surface area contributed by atoms with Crippen LogP contribution in [0.3, 0.4) is 0 Å². The van der Waals surface area contributed by atoms with E-state index < -0.39 is 0 Å². The molecule has 71 valence electrons. The predicted octanol–water partition coefficient (Wildman–Crippen LogP) is 1.12. The zero-order valence-corrected chi connectivity index (χ0v) is 8.37. The van der Waals surface area contributed by atoms with Gasteiger partial charge in [0.05, 0.1) is 11.4 Å². The van der Waals surface area contributed by atoms with E-state index in [-0.39, 0.29) is 0 Å². The summed E-state index contributed by atoms with van der Waals surface area (Å²) in [6.45, 7) is 2.50. The van der Waals surface area contributed by atoms with Crippen LogP contribution in [0, 0.1) is 0 Å². The third-order valence-electron chi connectivity index (χ3n) is 2.30. The van der Waals surface area contributed by atoms with Crippen LogP contribution in [-0.2, 0) is 13.1 Å². The third-order valence-corrected chi connectivity index (χ3v) is 3.17. The molecule has 0 bridgehead atoms. The molecule has 0 saturated carbocycles. The maximum atomic E-state index is 4.29. The average molecular weight is 205 g/mol. The zero-order valence-electron chi connectivity index (χ0n) is 7.55. The third kappa shape index (κ3) is 1.17. The molecular weight excluding hydrogens is 196 g/mol. The summed E-state index contributed by atoms with van der Waals surface area (Å²) in [5.41, 5.74) is 0. The second-order valence-electron chi connectivity index (χ2n) is 3.17. The Labute approximate surface area is 85.6 Å². The minimum Gasteiger partial charge on any atom is -0.308 e. The van der Waals surface area contributed by atoms with Gasteiger partial charge in [-0.05, 0) is 11.4 Å². The van der Waals surface area contributed by atoms with E-state index in [1.165, 1.54) is 4.88 Å². The number of rotatable bonds is 1. The van der Waals surface area contributed by atoms with Gasteiger partial charge in [0.1, 0.15) is 5.82 Å². The van der Waals surface area contributed by atoms with Gasteiger partial charge in [0.2, 0.25) is 0 Å². The zero-order chi connectivity index (χ0) is 9.38. The van der Waals surface area contributed by atoms with Gasteiger partial charge in [-0.2, -0.15) is 0 Å². The Hall–Kier alpha value is -1.20. The van der Waals surface area contributed by atoms with Crippen LogP contribution in [0.2, 0.25) is 0 Å². The molecule has 1 aliphatic heterocycles. The molecule has 0 atom stereocenters. The van der Waals surface area contributed by atoms with Crippen LogP contribution >= 0.6 is 11.3 Å². The van der Waals surface area contributed by atoms with E-state index in [1.54, 1.807) is 11.3 Å². The van der Waals surface area contributed by atoms with Crippen LogP contribution in [-0.4, -0.2) is 21.3 Å². The van der Waals surface area contributed by atoms with Gasteiger partial charge in [-0.3, -0.25) is 0 Å². The second kappa shape index (κ2) is 3.18. The molecule has 0 N–H and O–H groups in total. The van der Waals surface area contributed by atoms with Gasteiger partial charge in [0.25, 0.3) is 0 Å². The summed E-state index contributed by atoms with van der Waals surface area (Å²) in [6, 6.07) is 4.11. The molecule has 0 fully saturated rings. The predicted molar refractivity (Wildman–Crippen MR) is 54.0 cm³/mol. The van der Waals surface area contributed by atoms with Crippen LogP contribution in [0.15, 0.2) is 17.5 Å². The maximum absolute atomic E-state index is 4.29. The summed E-state index contributed by atoms with van der Waals surface area (Å²) in [5.74, 6) is 1.98. The standard InChI is InChI=1S/C9H9N4S/c1-2-7(14-5-1)9-12-11-8-6-10-3-4-13(8)9/h1-2,5H,3-4,6H2. The van der Waals surface area contributed by atoms with Crippen molar-refractivity contribution >= 4 is 11.3 Å². The van der Waals surface area contributed by atoms with Crippen molar-refractivity contribution in [3.05, 3.63) is 23.3 Å². The monoisotopic (exact) mass is 205 g/mol. The Morgan fingerprint density at radius 2 is 2.36 bits per heavy atom. The van der Waals surface area contributed by atoms with Gasteiger partial charge in [-0.15, -0.1) is 21.5 Å². The second-order valence-corrected chi connectivity index (χ2v) is 4.12. The molecule has 14 heavy (non-hydrogen) atoms. The smallest absolute Gasteiger partial charge is 0.174 e. The van der Waals surface area contributed by atoms with E-state index >= 15 is 0 Å². The van der Waals surface area contributed by atoms with Crippen molar-refractivity contribution in [2.24, 2.45) is 0 Å². The Balaban J connectivity index is 2.11. The molecule has 2 aromatic heterocycles. The van der Waals surface area contributed by atoms with Gasteiger partial charge in [0, 0.05) is 13.1 Å². The first-order chi connectivity index (χ1) is 6.95. The molecule has 2 aromatic rings. The highest BCUT2D eigenvalue weighted by Gasteiger charge is 2.17. The van der Waals surface area contributed by atoms with Crippen LogP contribution in [0.25, 0.3) is 10.7 Å². The molecule has 4 nitrogen and oxygen atoms in total. The first-order valence-electron chi connectivity index (χ1n) is 4.54. The molecule has 3 rings (SSSR count). The summed E-state index contributed by atoms with van der Waals surface area (Å²) in [5, 5.41) is 14.7. The highest BCUT2D eigenvalue weighted by molar-refractivity contribution is 7.13. The fourth-order valence-corrected chi connectivity index (χ4v) is 2.34. The maximum Gasteiger partial charge on any atom is 0.174 e. The molecule has 1 aliphatic rings. The fourth-order valence-electron chi connectivity index (χ4n) is 1.63. The molecule has 0 amide bonds. The fraction of sp³-hybridized carbons (Fsp3) is 0.333. The van der Waals surface area contributed by atoms with Gasteiger partial charge in [0.15, 0.2) is 5.82 Å². The Kier molecular flexibility index (Phi) is 1.85. The minimum atomic E-state index is 0.707. The number of aromatic nitrogens is 3. The molecule has 0 unspecified atom stereocenters. The van der Waals surface area contributed by atoms with Crippen molar-refractivity contribution in [3.63, 3.8) is 0 Å². The van der Waals surface area contributed by atoms with E-state index in [9.17, 15) is 0 Å². The topological polar surface area (TPSA) is 44.8 Å². The number of hydrogen-bond acceptors (Lipinski definition) is 3. The first-order valence-corrected chi connectivity index (χ1v) is 5.42. The van der Waals surface area contributed by atoms with Gasteiger partial charge in [-0.25, -0.2) is 5.32 Å². The lowest BCUT2D eigenvalue weighted by molar-refractivity contribution is 0.500. The van der Waals surface area contributed by atoms with Crippen molar-refractivity contribution in [2.45, 2.75) is 13.1 Å². The highest BCUT2D eigenvalue weighted by Crippen LogP contribution is 2.24. The quantitative estimate of drug-likeness (QED) is 0.700. The summed E-state index contributed by atoms with van der Waals surface area (Å²) < 4.78 is 2.17. The number of hydrogen-bond donors (Lipinski definition) is 0. The summed E-state index contributed by atoms with van der Waals surface area (Å²) >= 11 is 1.70. The Morgan fingerprint density at radius 1 is 1.36 bits per heavy atom. The summed E-state index contributed by atoms with van der Waals surface area (Å²) in [4.78, 5) is 1.19. The largest absolute Gasteiger partial charge is 0.308 e. The molecule has 0 saturated heterocycles. The van der Waals surface area contributed by atoms with Crippen molar-refractivity contribution in [1.82, 2.24) is 20.1 Å². The van der Waals surface area contributed by atoms with Crippen LogP contribution in [0.4, 0.5) is 0 Å². The van der Waals surface area contributed by atoms with E-state index in [0.29, 0.717) is 6.54 Å². The Morgan fingerprint density at radius 3 is 3.21 bits per heavy atom. The van der Waals surface area contributed by atoms with Crippen molar-refractivity contribution in [1.29, 1.82) is 0 Å². The Bertz CT molecular complexity index is 432. The van der Waals surface area contributed by atoms with E-state index in [1.807, 2.05) is 6.07 Å². The number of thiophene rings is 1. The molecule has 3 heterocycles. The molecule has 5 heteroatoms. The minimum absolute atomic E-state index is 0.707. The number of fused-ring (bicyclic) bond motifs is 1. The van der Waals surface area contributed by atoms with Gasteiger partial charge in [-0.1, -0.05) is 6.07 Å². The molecular formula is C9H9N4S. The first kappa shape index (κ1) is 8.14. The highest BCUT2D eigenvalue weighted by atomic mass is 32.1.